The molecule has 0 unspecified atom stereocenters. The monoisotopic (exact) mass is 261 g/mol. The topological polar surface area (TPSA) is 32.3 Å². The zero-order valence-corrected chi connectivity index (χ0v) is 12.4. The van der Waals surface area contributed by atoms with Gasteiger partial charge in [-0.05, 0) is 29.4 Å². The van der Waals surface area contributed by atoms with E-state index >= 15 is 0 Å². The van der Waals surface area contributed by atoms with Crippen LogP contribution >= 0.6 is 0 Å². The highest BCUT2D eigenvalue weighted by Gasteiger charge is 2.22. The van der Waals surface area contributed by atoms with Crippen LogP contribution in [0.4, 0.5) is 0 Å². The van der Waals surface area contributed by atoms with E-state index in [1.807, 2.05) is 0 Å². The maximum absolute atomic E-state index is 9.94. The Morgan fingerprint density at radius 2 is 1.74 bits per heavy atom. The molecule has 1 aromatic carbocycles. The SMILES string of the molecule is CC(C)(C)c1ccc(CN[C@H]2CCCC[C@@H]2O)cc1. The molecule has 2 rings (SSSR count). The number of hydrogen-bond donors (Lipinski definition) is 2. The van der Waals surface area contributed by atoms with E-state index in [-0.39, 0.29) is 17.6 Å². The minimum atomic E-state index is -0.164. The summed E-state index contributed by atoms with van der Waals surface area (Å²) < 4.78 is 0. The van der Waals surface area contributed by atoms with Gasteiger partial charge in [-0.15, -0.1) is 0 Å². The quantitative estimate of drug-likeness (QED) is 0.874. The molecule has 2 atom stereocenters. The predicted octanol–water partition coefficient (Wildman–Crippen LogP) is 3.38. The lowest BCUT2D eigenvalue weighted by Crippen LogP contribution is -2.41. The van der Waals surface area contributed by atoms with Crippen LogP contribution in [-0.4, -0.2) is 17.3 Å². The van der Waals surface area contributed by atoms with Gasteiger partial charge in [0.25, 0.3) is 0 Å². The summed E-state index contributed by atoms with van der Waals surface area (Å²) in [6.45, 7) is 7.56. The van der Waals surface area contributed by atoms with Crippen LogP contribution in [0.25, 0.3) is 0 Å². The number of nitrogens with one attached hydrogen (secondary N) is 1. The molecule has 0 bridgehead atoms. The lowest BCUT2D eigenvalue weighted by molar-refractivity contribution is 0.0902. The number of aliphatic hydroxyl groups excluding tert-OH is 1. The third kappa shape index (κ3) is 4.05. The predicted molar refractivity (Wildman–Crippen MR) is 80.2 cm³/mol. The molecular weight excluding hydrogens is 234 g/mol. The smallest absolute Gasteiger partial charge is 0.0693 e. The lowest BCUT2D eigenvalue weighted by Gasteiger charge is -2.28. The summed E-state index contributed by atoms with van der Waals surface area (Å²) >= 11 is 0. The van der Waals surface area contributed by atoms with Crippen molar-refractivity contribution >= 4 is 0 Å². The van der Waals surface area contributed by atoms with Crippen molar-refractivity contribution in [3.05, 3.63) is 35.4 Å². The van der Waals surface area contributed by atoms with E-state index in [0.29, 0.717) is 0 Å². The van der Waals surface area contributed by atoms with Crippen molar-refractivity contribution in [3.8, 4) is 0 Å². The van der Waals surface area contributed by atoms with Crippen LogP contribution < -0.4 is 5.32 Å². The van der Waals surface area contributed by atoms with Crippen molar-refractivity contribution in [2.45, 2.75) is 70.6 Å². The molecule has 1 aliphatic carbocycles. The molecule has 1 aliphatic rings. The maximum atomic E-state index is 9.94. The minimum Gasteiger partial charge on any atom is -0.392 e. The molecule has 2 N–H and O–H groups in total. The molecule has 1 aromatic rings. The molecule has 0 saturated heterocycles. The van der Waals surface area contributed by atoms with Gasteiger partial charge in [0.05, 0.1) is 6.10 Å². The van der Waals surface area contributed by atoms with Crippen LogP contribution in [0.5, 0.6) is 0 Å². The highest BCUT2D eigenvalue weighted by atomic mass is 16.3. The molecule has 19 heavy (non-hydrogen) atoms. The second-order valence-corrected chi connectivity index (χ2v) is 6.79. The largest absolute Gasteiger partial charge is 0.392 e. The number of hydrogen-bond acceptors (Lipinski definition) is 2. The van der Waals surface area contributed by atoms with E-state index in [9.17, 15) is 5.11 Å². The second kappa shape index (κ2) is 6.06. The fraction of sp³-hybridized carbons (Fsp3) is 0.647. The molecule has 0 aromatic heterocycles. The normalized spacial score (nSPS) is 24.4. The number of rotatable bonds is 3. The Kier molecular flexibility index (Phi) is 4.64. The highest BCUT2D eigenvalue weighted by molar-refractivity contribution is 5.27. The first-order chi connectivity index (χ1) is 8.97. The van der Waals surface area contributed by atoms with Gasteiger partial charge < -0.3 is 10.4 Å². The van der Waals surface area contributed by atoms with Crippen LogP contribution in [0.2, 0.25) is 0 Å². The van der Waals surface area contributed by atoms with E-state index in [2.05, 4.69) is 50.4 Å². The van der Waals surface area contributed by atoms with Crippen LogP contribution in [0.1, 0.15) is 57.6 Å². The molecular formula is C17H27NO. The molecule has 0 spiro atoms. The molecule has 1 fully saturated rings. The number of aliphatic hydroxyl groups is 1. The second-order valence-electron chi connectivity index (χ2n) is 6.79. The molecule has 2 nitrogen and oxygen atoms in total. The van der Waals surface area contributed by atoms with Crippen molar-refractivity contribution in [2.75, 3.05) is 0 Å². The summed E-state index contributed by atoms with van der Waals surface area (Å²) in [5, 5.41) is 13.4. The first-order valence-electron chi connectivity index (χ1n) is 7.48. The van der Waals surface area contributed by atoms with Gasteiger partial charge in [0.2, 0.25) is 0 Å². The Morgan fingerprint density at radius 3 is 2.32 bits per heavy atom. The third-order valence-electron chi connectivity index (χ3n) is 4.12. The van der Waals surface area contributed by atoms with E-state index in [4.69, 9.17) is 0 Å². The Labute approximate surface area is 117 Å². The van der Waals surface area contributed by atoms with Gasteiger partial charge in [0, 0.05) is 12.6 Å². The van der Waals surface area contributed by atoms with Crippen LogP contribution in [0.15, 0.2) is 24.3 Å². The van der Waals surface area contributed by atoms with Gasteiger partial charge in [0.15, 0.2) is 0 Å². The minimum absolute atomic E-state index is 0.164. The van der Waals surface area contributed by atoms with Crippen molar-refractivity contribution in [1.29, 1.82) is 0 Å². The highest BCUT2D eigenvalue weighted by Crippen LogP contribution is 2.22. The van der Waals surface area contributed by atoms with Gasteiger partial charge in [0.1, 0.15) is 0 Å². The molecule has 0 amide bonds. The Hall–Kier alpha value is -0.860. The van der Waals surface area contributed by atoms with Gasteiger partial charge in [-0.25, -0.2) is 0 Å². The first-order valence-corrected chi connectivity index (χ1v) is 7.48. The standard InChI is InChI=1S/C17H27NO/c1-17(2,3)14-10-8-13(9-11-14)12-18-15-6-4-5-7-16(15)19/h8-11,15-16,18-19H,4-7,12H2,1-3H3/t15-,16-/m0/s1. The lowest BCUT2D eigenvalue weighted by atomic mass is 9.86. The van der Waals surface area contributed by atoms with Crippen molar-refractivity contribution in [2.24, 2.45) is 0 Å². The summed E-state index contributed by atoms with van der Waals surface area (Å²) in [7, 11) is 0. The van der Waals surface area contributed by atoms with E-state index < -0.39 is 0 Å². The summed E-state index contributed by atoms with van der Waals surface area (Å²) in [5.74, 6) is 0. The van der Waals surface area contributed by atoms with E-state index in [0.717, 1.165) is 19.4 Å². The first kappa shape index (κ1) is 14.5. The summed E-state index contributed by atoms with van der Waals surface area (Å²) in [6.07, 6.45) is 4.28. The van der Waals surface area contributed by atoms with Gasteiger partial charge in [-0.1, -0.05) is 57.9 Å². The summed E-state index contributed by atoms with van der Waals surface area (Å²) in [5.41, 5.74) is 2.88. The van der Waals surface area contributed by atoms with Crippen molar-refractivity contribution in [1.82, 2.24) is 5.32 Å². The fourth-order valence-corrected chi connectivity index (χ4v) is 2.72. The molecule has 1 saturated carbocycles. The van der Waals surface area contributed by atoms with Gasteiger partial charge in [-0.2, -0.15) is 0 Å². The molecule has 0 heterocycles. The zero-order valence-electron chi connectivity index (χ0n) is 12.4. The average molecular weight is 261 g/mol. The van der Waals surface area contributed by atoms with Crippen LogP contribution in [0, 0.1) is 0 Å². The van der Waals surface area contributed by atoms with Crippen LogP contribution in [0.3, 0.4) is 0 Å². The Bertz CT molecular complexity index is 391. The van der Waals surface area contributed by atoms with E-state index in [1.165, 1.54) is 24.0 Å². The van der Waals surface area contributed by atoms with E-state index in [1.54, 1.807) is 0 Å². The van der Waals surface area contributed by atoms with Crippen molar-refractivity contribution in [3.63, 3.8) is 0 Å². The Balaban J connectivity index is 1.89. The van der Waals surface area contributed by atoms with Crippen molar-refractivity contribution < 1.29 is 5.11 Å². The summed E-state index contributed by atoms with van der Waals surface area (Å²) in [6, 6.07) is 9.10. The third-order valence-corrected chi connectivity index (χ3v) is 4.12. The van der Waals surface area contributed by atoms with Gasteiger partial charge >= 0.3 is 0 Å². The molecule has 0 radical (unpaired) electrons. The summed E-state index contributed by atoms with van der Waals surface area (Å²) in [4.78, 5) is 0. The maximum Gasteiger partial charge on any atom is 0.0693 e. The average Bonchev–Trinajstić information content (AvgIpc) is 2.37. The van der Waals surface area contributed by atoms with Gasteiger partial charge in [-0.3, -0.25) is 0 Å². The molecule has 2 heteroatoms. The Morgan fingerprint density at radius 1 is 1.11 bits per heavy atom. The van der Waals surface area contributed by atoms with Crippen LogP contribution in [-0.2, 0) is 12.0 Å². The molecule has 106 valence electrons. The number of benzene rings is 1. The zero-order chi connectivity index (χ0) is 13.9. The fourth-order valence-electron chi connectivity index (χ4n) is 2.72. The molecule has 0 aliphatic heterocycles.